The van der Waals surface area contributed by atoms with E-state index in [1.165, 1.54) is 36.6 Å². The highest BCUT2D eigenvalue weighted by atomic mass is 35.5. The summed E-state index contributed by atoms with van der Waals surface area (Å²) < 4.78 is 18.9. The van der Waals surface area contributed by atoms with Gasteiger partial charge in [-0.05, 0) is 50.3 Å². The van der Waals surface area contributed by atoms with Gasteiger partial charge in [0, 0.05) is 16.6 Å². The Hall–Kier alpha value is -1.92. The zero-order valence-electron chi connectivity index (χ0n) is 14.1. The Balaban J connectivity index is 1.49. The molecular weight excluding hydrogens is 377 g/mol. The summed E-state index contributed by atoms with van der Waals surface area (Å²) in [7, 11) is 0. The first kappa shape index (κ1) is 18.9. The Morgan fingerprint density at radius 2 is 2.15 bits per heavy atom. The van der Waals surface area contributed by atoms with Gasteiger partial charge in [0.25, 0.3) is 5.91 Å². The molecule has 0 atom stereocenters. The number of amides is 1. The molecule has 1 aromatic heterocycles. The van der Waals surface area contributed by atoms with E-state index in [1.807, 2.05) is 0 Å². The Kier molecular flexibility index (Phi) is 6.27. The molecule has 1 aromatic carbocycles. The molecule has 0 radical (unpaired) electrons. The standard InChI is InChI=1S/C19H19ClFNO3S/c20-17-14-7-6-13(21)10-15(14)26-18(17)19(24)25-11-16(23)22-9-8-12-4-2-1-3-5-12/h4,6-7,10H,1-3,5,8-9,11H2,(H,22,23). The number of hydrogen-bond acceptors (Lipinski definition) is 4. The summed E-state index contributed by atoms with van der Waals surface area (Å²) in [6.45, 7) is 0.169. The third kappa shape index (κ3) is 4.62. The van der Waals surface area contributed by atoms with Gasteiger partial charge in [-0.3, -0.25) is 4.79 Å². The number of esters is 1. The first-order chi connectivity index (χ1) is 12.5. The van der Waals surface area contributed by atoms with E-state index in [4.69, 9.17) is 16.3 Å². The Morgan fingerprint density at radius 3 is 2.92 bits per heavy atom. The Bertz CT molecular complexity index is 862. The minimum Gasteiger partial charge on any atom is -0.451 e. The van der Waals surface area contributed by atoms with E-state index in [0.29, 0.717) is 16.6 Å². The van der Waals surface area contributed by atoms with Crippen molar-refractivity contribution in [3.8, 4) is 0 Å². The molecule has 1 N–H and O–H groups in total. The Morgan fingerprint density at radius 1 is 1.31 bits per heavy atom. The molecule has 138 valence electrons. The second-order valence-electron chi connectivity index (χ2n) is 6.17. The highest BCUT2D eigenvalue weighted by Gasteiger charge is 2.19. The topological polar surface area (TPSA) is 55.4 Å². The lowest BCUT2D eigenvalue weighted by Gasteiger charge is -2.12. The van der Waals surface area contributed by atoms with Crippen molar-refractivity contribution in [1.82, 2.24) is 5.32 Å². The number of hydrogen-bond donors (Lipinski definition) is 1. The molecule has 4 nitrogen and oxygen atoms in total. The number of carbonyl (C=O) groups excluding carboxylic acids is 2. The van der Waals surface area contributed by atoms with Crippen LogP contribution in [0.4, 0.5) is 4.39 Å². The number of nitrogens with one attached hydrogen (secondary N) is 1. The van der Waals surface area contributed by atoms with Crippen LogP contribution in [0.15, 0.2) is 29.8 Å². The summed E-state index contributed by atoms with van der Waals surface area (Å²) in [4.78, 5) is 24.2. The van der Waals surface area contributed by atoms with E-state index < -0.39 is 11.8 Å². The molecule has 26 heavy (non-hydrogen) atoms. The van der Waals surface area contributed by atoms with Gasteiger partial charge in [0.2, 0.25) is 0 Å². The molecule has 3 rings (SSSR count). The highest BCUT2D eigenvalue weighted by molar-refractivity contribution is 7.21. The molecule has 1 aliphatic rings. The maximum absolute atomic E-state index is 13.3. The number of rotatable bonds is 6. The molecule has 0 unspecified atom stereocenters. The van der Waals surface area contributed by atoms with Crippen LogP contribution in [0.3, 0.4) is 0 Å². The number of halogens is 2. The van der Waals surface area contributed by atoms with E-state index in [2.05, 4.69) is 11.4 Å². The number of allylic oxidation sites excluding steroid dienone is 1. The first-order valence-corrected chi connectivity index (χ1v) is 9.73. The van der Waals surface area contributed by atoms with Crippen LogP contribution >= 0.6 is 22.9 Å². The summed E-state index contributed by atoms with van der Waals surface area (Å²) in [5.41, 5.74) is 1.37. The van der Waals surface area contributed by atoms with Gasteiger partial charge in [-0.15, -0.1) is 11.3 Å². The minimum atomic E-state index is -0.679. The Labute approximate surface area is 160 Å². The predicted molar refractivity (Wildman–Crippen MR) is 101 cm³/mol. The van der Waals surface area contributed by atoms with Gasteiger partial charge in [0.05, 0.1) is 5.02 Å². The highest BCUT2D eigenvalue weighted by Crippen LogP contribution is 2.36. The lowest BCUT2D eigenvalue weighted by atomic mass is 9.97. The summed E-state index contributed by atoms with van der Waals surface area (Å²) >= 11 is 7.22. The summed E-state index contributed by atoms with van der Waals surface area (Å²) in [5.74, 6) is -1.43. The van der Waals surface area contributed by atoms with Crippen LogP contribution < -0.4 is 5.32 Å². The molecule has 0 aliphatic heterocycles. The van der Waals surface area contributed by atoms with Crippen LogP contribution in [0.1, 0.15) is 41.8 Å². The van der Waals surface area contributed by atoms with E-state index in [9.17, 15) is 14.0 Å². The molecule has 1 aliphatic carbocycles. The summed E-state index contributed by atoms with van der Waals surface area (Å²) in [6, 6.07) is 4.12. The van der Waals surface area contributed by atoms with Crippen molar-refractivity contribution in [1.29, 1.82) is 0 Å². The third-order valence-electron chi connectivity index (χ3n) is 4.26. The largest absolute Gasteiger partial charge is 0.451 e. The SMILES string of the molecule is O=C(COC(=O)c1sc2cc(F)ccc2c1Cl)NCCC1=CCCCC1. The second-order valence-corrected chi connectivity index (χ2v) is 7.60. The quantitative estimate of drug-likeness (QED) is 0.561. The molecule has 1 amide bonds. The van der Waals surface area contributed by atoms with Gasteiger partial charge in [0.15, 0.2) is 6.61 Å². The molecule has 0 saturated carbocycles. The lowest BCUT2D eigenvalue weighted by molar-refractivity contribution is -0.124. The molecule has 0 saturated heterocycles. The monoisotopic (exact) mass is 395 g/mol. The lowest BCUT2D eigenvalue weighted by Crippen LogP contribution is -2.29. The fourth-order valence-corrected chi connectivity index (χ4v) is 4.34. The van der Waals surface area contributed by atoms with Crippen LogP contribution in [-0.2, 0) is 9.53 Å². The van der Waals surface area contributed by atoms with Crippen LogP contribution in [-0.4, -0.2) is 25.0 Å². The zero-order chi connectivity index (χ0) is 18.5. The van der Waals surface area contributed by atoms with Gasteiger partial charge in [-0.1, -0.05) is 23.3 Å². The third-order valence-corrected chi connectivity index (χ3v) is 5.90. The van der Waals surface area contributed by atoms with Gasteiger partial charge in [-0.2, -0.15) is 0 Å². The first-order valence-electron chi connectivity index (χ1n) is 8.54. The van der Waals surface area contributed by atoms with E-state index in [-0.39, 0.29) is 22.4 Å². The van der Waals surface area contributed by atoms with Crippen molar-refractivity contribution in [2.24, 2.45) is 0 Å². The van der Waals surface area contributed by atoms with Gasteiger partial charge in [-0.25, -0.2) is 9.18 Å². The second kappa shape index (κ2) is 8.64. The zero-order valence-corrected chi connectivity index (χ0v) is 15.7. The summed E-state index contributed by atoms with van der Waals surface area (Å²) in [6.07, 6.45) is 7.71. The number of ether oxygens (including phenoxy) is 1. The summed E-state index contributed by atoms with van der Waals surface area (Å²) in [5, 5.41) is 3.56. The van der Waals surface area contributed by atoms with E-state index in [1.54, 1.807) is 0 Å². The van der Waals surface area contributed by atoms with Gasteiger partial charge >= 0.3 is 5.97 Å². The maximum Gasteiger partial charge on any atom is 0.350 e. The molecule has 7 heteroatoms. The fourth-order valence-electron chi connectivity index (χ4n) is 2.91. The average molecular weight is 396 g/mol. The van der Waals surface area contributed by atoms with Crippen LogP contribution in [0.5, 0.6) is 0 Å². The maximum atomic E-state index is 13.3. The normalized spacial score (nSPS) is 14.2. The minimum absolute atomic E-state index is 0.174. The molecule has 0 bridgehead atoms. The van der Waals surface area contributed by atoms with Crippen molar-refractivity contribution >= 4 is 44.9 Å². The van der Waals surface area contributed by atoms with Crippen molar-refractivity contribution in [3.05, 3.63) is 45.6 Å². The van der Waals surface area contributed by atoms with E-state index in [0.717, 1.165) is 30.6 Å². The van der Waals surface area contributed by atoms with Gasteiger partial charge in [0.1, 0.15) is 10.7 Å². The molecular formula is C19H19ClFNO3S. The van der Waals surface area contributed by atoms with Crippen molar-refractivity contribution in [2.75, 3.05) is 13.2 Å². The van der Waals surface area contributed by atoms with Crippen LogP contribution in [0, 0.1) is 5.82 Å². The molecule has 0 spiro atoms. The van der Waals surface area contributed by atoms with Gasteiger partial charge < -0.3 is 10.1 Å². The van der Waals surface area contributed by atoms with Crippen LogP contribution in [0.25, 0.3) is 10.1 Å². The van der Waals surface area contributed by atoms with Crippen molar-refractivity contribution in [3.63, 3.8) is 0 Å². The number of benzene rings is 1. The number of thiophene rings is 1. The number of fused-ring (bicyclic) bond motifs is 1. The predicted octanol–water partition coefficient (Wildman–Crippen LogP) is 4.86. The van der Waals surface area contributed by atoms with Crippen molar-refractivity contribution in [2.45, 2.75) is 32.1 Å². The smallest absolute Gasteiger partial charge is 0.350 e. The van der Waals surface area contributed by atoms with Crippen LogP contribution in [0.2, 0.25) is 5.02 Å². The van der Waals surface area contributed by atoms with Crippen molar-refractivity contribution < 1.29 is 18.7 Å². The molecule has 0 fully saturated rings. The molecule has 1 heterocycles. The average Bonchev–Trinajstić information content (AvgIpc) is 2.96. The fraction of sp³-hybridized carbons (Fsp3) is 0.368. The molecule has 2 aromatic rings. The van der Waals surface area contributed by atoms with E-state index >= 15 is 0 Å². The number of carbonyl (C=O) groups is 2.